The Balaban J connectivity index is 2.12. The summed E-state index contributed by atoms with van der Waals surface area (Å²) < 4.78 is 6.47. The molecule has 4 unspecified atom stereocenters. The number of unbranched alkanes of at least 4 members (excludes halogenated alkanes) is 8. The minimum absolute atomic E-state index is 0.00453. The van der Waals surface area contributed by atoms with Gasteiger partial charge in [-0.25, -0.2) is 17.0 Å². The van der Waals surface area contributed by atoms with Gasteiger partial charge < -0.3 is 4.74 Å². The molecular formula is C25H46N4O. The van der Waals surface area contributed by atoms with Gasteiger partial charge in [0.05, 0.1) is 6.61 Å². The molecule has 2 rings (SSSR count). The third-order valence-corrected chi connectivity index (χ3v) is 7.94. The van der Waals surface area contributed by atoms with Gasteiger partial charge in [0.25, 0.3) is 6.67 Å². The van der Waals surface area contributed by atoms with Crippen molar-refractivity contribution in [2.75, 3.05) is 20.3 Å². The standard InChI is InChI=1S/C25H46N4O/c1-5-7-9-11-12-14-18-24(17-13-10-8-6-2)20-30-25(24)19-22(29(4)21-27-3)15-16-23(25)28-26/h22-23,26H,5-21H2,1-2,4H3. The summed E-state index contributed by atoms with van der Waals surface area (Å²) in [6, 6.07) is 0.368. The smallest absolute Gasteiger partial charge is 0.270 e. The number of nitrogens with one attached hydrogen (secondary N) is 1. The van der Waals surface area contributed by atoms with Crippen LogP contribution in [0.5, 0.6) is 0 Å². The summed E-state index contributed by atoms with van der Waals surface area (Å²) in [6.45, 7) is 13.1. The first-order valence-corrected chi connectivity index (χ1v) is 12.6. The fourth-order valence-corrected chi connectivity index (χ4v) is 5.96. The monoisotopic (exact) mass is 418 g/mol. The molecule has 0 aromatic rings. The average Bonchev–Trinajstić information content (AvgIpc) is 2.76. The number of hydrogen-bond donors (Lipinski definition) is 1. The molecule has 1 saturated heterocycles. The van der Waals surface area contributed by atoms with E-state index in [9.17, 15) is 0 Å². The topological polar surface area (TPSA) is 53.0 Å². The molecule has 0 amide bonds. The molecule has 1 heterocycles. The van der Waals surface area contributed by atoms with Crippen molar-refractivity contribution in [3.63, 3.8) is 0 Å². The maximum Gasteiger partial charge on any atom is 0.270 e. The van der Waals surface area contributed by atoms with Crippen LogP contribution in [0.1, 0.15) is 110 Å². The molecule has 0 radical (unpaired) electrons. The summed E-state index contributed by atoms with van der Waals surface area (Å²) in [5.74, 6) is 0. The van der Waals surface area contributed by atoms with Gasteiger partial charge in [-0.1, -0.05) is 78.1 Å². The Hall–Kier alpha value is -0.990. The highest BCUT2D eigenvalue weighted by Gasteiger charge is 2.65. The zero-order valence-electron chi connectivity index (χ0n) is 19.9. The molecule has 4 atom stereocenters. The Morgan fingerprint density at radius 1 is 1.00 bits per heavy atom. The lowest BCUT2D eigenvalue weighted by Gasteiger charge is -2.64. The van der Waals surface area contributed by atoms with Crippen LogP contribution in [0.25, 0.3) is 4.85 Å². The third kappa shape index (κ3) is 5.82. The Morgan fingerprint density at radius 2 is 1.60 bits per heavy atom. The minimum Gasteiger partial charge on any atom is -0.371 e. The summed E-state index contributed by atoms with van der Waals surface area (Å²) in [4.78, 5) is 5.81. The van der Waals surface area contributed by atoms with Gasteiger partial charge >= 0.3 is 0 Å². The molecule has 2 fully saturated rings. The second-order valence-corrected chi connectivity index (χ2v) is 9.92. The van der Waals surface area contributed by atoms with E-state index in [0.29, 0.717) is 12.7 Å². The lowest BCUT2D eigenvalue weighted by Crippen LogP contribution is -2.71. The van der Waals surface area contributed by atoms with E-state index in [1.54, 1.807) is 0 Å². The lowest BCUT2D eigenvalue weighted by molar-refractivity contribution is -0.300. The Kier molecular flexibility index (Phi) is 10.8. The first-order chi connectivity index (χ1) is 14.6. The van der Waals surface area contributed by atoms with Crippen LogP contribution in [0.15, 0.2) is 5.11 Å². The predicted octanol–water partition coefficient (Wildman–Crippen LogP) is 7.22. The first-order valence-electron chi connectivity index (χ1n) is 12.6. The van der Waals surface area contributed by atoms with Crippen LogP contribution in [0, 0.1) is 17.5 Å². The average molecular weight is 419 g/mol. The van der Waals surface area contributed by atoms with E-state index in [0.717, 1.165) is 25.9 Å². The predicted molar refractivity (Wildman–Crippen MR) is 124 cm³/mol. The molecule has 0 aromatic carbocycles. The van der Waals surface area contributed by atoms with Gasteiger partial charge in [0.15, 0.2) is 0 Å². The van der Waals surface area contributed by atoms with Gasteiger partial charge in [0, 0.05) is 11.5 Å². The number of hydrogen-bond acceptors (Lipinski definition) is 4. The van der Waals surface area contributed by atoms with Crippen LogP contribution in [-0.4, -0.2) is 42.9 Å². The van der Waals surface area contributed by atoms with Gasteiger partial charge in [-0.05, 0) is 39.2 Å². The van der Waals surface area contributed by atoms with Crippen molar-refractivity contribution in [2.24, 2.45) is 10.5 Å². The van der Waals surface area contributed by atoms with Crippen molar-refractivity contribution in [3.8, 4) is 0 Å². The highest BCUT2D eigenvalue weighted by molar-refractivity contribution is 5.16. The normalized spacial score (nSPS) is 30.9. The molecule has 30 heavy (non-hydrogen) atoms. The zero-order chi connectivity index (χ0) is 21.9. The largest absolute Gasteiger partial charge is 0.371 e. The van der Waals surface area contributed by atoms with E-state index >= 15 is 0 Å². The van der Waals surface area contributed by atoms with E-state index in [1.807, 2.05) is 0 Å². The first kappa shape index (κ1) is 25.3. The summed E-state index contributed by atoms with van der Waals surface area (Å²) in [6.07, 6.45) is 18.4. The maximum atomic E-state index is 7.94. The summed E-state index contributed by atoms with van der Waals surface area (Å²) >= 11 is 0. The summed E-state index contributed by atoms with van der Waals surface area (Å²) in [7, 11) is 2.07. The van der Waals surface area contributed by atoms with Crippen molar-refractivity contribution in [1.82, 2.24) is 4.90 Å². The summed E-state index contributed by atoms with van der Waals surface area (Å²) in [5.41, 5.74) is 7.84. The molecule has 1 spiro atoms. The Bertz CT molecular complexity index is 548. The van der Waals surface area contributed by atoms with E-state index in [4.69, 9.17) is 16.8 Å². The van der Waals surface area contributed by atoms with Crippen LogP contribution in [0.4, 0.5) is 0 Å². The number of rotatable bonds is 15. The fourth-order valence-electron chi connectivity index (χ4n) is 5.96. The van der Waals surface area contributed by atoms with Crippen LogP contribution in [-0.2, 0) is 4.74 Å². The van der Waals surface area contributed by atoms with E-state index in [2.05, 4.69) is 35.8 Å². The Morgan fingerprint density at radius 3 is 2.13 bits per heavy atom. The molecule has 2 aliphatic rings. The van der Waals surface area contributed by atoms with Crippen molar-refractivity contribution in [3.05, 3.63) is 11.4 Å². The van der Waals surface area contributed by atoms with E-state index in [-0.39, 0.29) is 17.1 Å². The van der Waals surface area contributed by atoms with Crippen LogP contribution < -0.4 is 0 Å². The Labute approximate surface area is 185 Å². The maximum absolute atomic E-state index is 7.94. The fraction of sp³-hybridized carbons (Fsp3) is 0.960. The van der Waals surface area contributed by atoms with E-state index < -0.39 is 0 Å². The SMILES string of the molecule is [C-]#[N+]CN(C)C1CCC(N=N)C2(C1)OCC2(CCCCCC)CCCCCCCC. The highest BCUT2D eigenvalue weighted by atomic mass is 16.5. The highest BCUT2D eigenvalue weighted by Crippen LogP contribution is 2.59. The summed E-state index contributed by atoms with van der Waals surface area (Å²) in [5, 5.41) is 4.12. The van der Waals surface area contributed by atoms with Crippen LogP contribution in [0.2, 0.25) is 0 Å². The molecule has 0 bridgehead atoms. The number of ether oxygens (including phenoxy) is 1. The minimum atomic E-state index is -0.274. The van der Waals surface area contributed by atoms with Gasteiger partial charge in [-0.2, -0.15) is 5.11 Å². The molecule has 5 heteroatoms. The molecule has 0 aromatic heterocycles. The van der Waals surface area contributed by atoms with Crippen LogP contribution >= 0.6 is 0 Å². The molecule has 1 saturated carbocycles. The molecule has 1 N–H and O–H groups in total. The van der Waals surface area contributed by atoms with Crippen molar-refractivity contribution < 1.29 is 4.74 Å². The second-order valence-electron chi connectivity index (χ2n) is 9.92. The zero-order valence-corrected chi connectivity index (χ0v) is 19.9. The molecule has 1 aliphatic carbocycles. The molecular weight excluding hydrogens is 372 g/mol. The van der Waals surface area contributed by atoms with Gasteiger partial charge in [-0.3, -0.25) is 4.85 Å². The molecule has 172 valence electrons. The third-order valence-electron chi connectivity index (χ3n) is 7.94. The second kappa shape index (κ2) is 12.8. The van der Waals surface area contributed by atoms with Crippen molar-refractivity contribution in [1.29, 1.82) is 5.53 Å². The van der Waals surface area contributed by atoms with Crippen molar-refractivity contribution >= 4 is 0 Å². The quantitative estimate of drug-likeness (QED) is 0.173. The van der Waals surface area contributed by atoms with Gasteiger partial charge in [-0.15, -0.1) is 0 Å². The lowest BCUT2D eigenvalue weighted by atomic mass is 9.54. The molecule has 1 aliphatic heterocycles. The van der Waals surface area contributed by atoms with Gasteiger partial charge in [0.2, 0.25) is 0 Å². The van der Waals surface area contributed by atoms with Crippen molar-refractivity contribution in [2.45, 2.75) is 128 Å². The number of nitrogens with zero attached hydrogens (tertiary/aromatic N) is 3. The van der Waals surface area contributed by atoms with Gasteiger partial charge in [0.1, 0.15) is 11.6 Å². The molecule has 5 nitrogen and oxygen atoms in total. The van der Waals surface area contributed by atoms with E-state index in [1.165, 1.54) is 77.0 Å². The van der Waals surface area contributed by atoms with Crippen LogP contribution in [0.3, 0.4) is 0 Å².